The van der Waals surface area contributed by atoms with Crippen LogP contribution in [0.1, 0.15) is 27.2 Å². The summed E-state index contributed by atoms with van der Waals surface area (Å²) in [6, 6.07) is 3.28. The van der Waals surface area contributed by atoms with E-state index in [2.05, 4.69) is 10.3 Å². The van der Waals surface area contributed by atoms with Gasteiger partial charge in [0.2, 0.25) is 0 Å². The fourth-order valence-electron chi connectivity index (χ4n) is 2.43. The van der Waals surface area contributed by atoms with Crippen LogP contribution in [0.25, 0.3) is 0 Å². The molecule has 1 aliphatic heterocycles. The van der Waals surface area contributed by atoms with Crippen molar-refractivity contribution in [2.24, 2.45) is 5.92 Å². The number of rotatable bonds is 4. The van der Waals surface area contributed by atoms with Crippen LogP contribution in [0.5, 0.6) is 0 Å². The highest BCUT2D eigenvalue weighted by Crippen LogP contribution is 2.23. The fraction of sp³-hybridized carbons (Fsp3) is 0.600. The monoisotopic (exact) mass is 322 g/mol. The van der Waals surface area contributed by atoms with Crippen LogP contribution in [0.15, 0.2) is 18.3 Å². The number of hydrogen-bond acceptors (Lipinski definition) is 6. The molecule has 0 bridgehead atoms. The molecule has 1 N–H and O–H groups in total. The highest BCUT2D eigenvalue weighted by molar-refractivity contribution is 5.68. The average Bonchev–Trinajstić information content (AvgIpc) is 2.92. The van der Waals surface area contributed by atoms with Crippen LogP contribution in [0.4, 0.5) is 16.3 Å². The highest BCUT2D eigenvalue weighted by atomic mass is 16.6. The lowest BCUT2D eigenvalue weighted by Gasteiger charge is -2.24. The van der Waals surface area contributed by atoms with Crippen LogP contribution in [0.3, 0.4) is 0 Å². The Labute approximate surface area is 135 Å². The molecule has 8 nitrogen and oxygen atoms in total. The summed E-state index contributed by atoms with van der Waals surface area (Å²) in [5.41, 5.74) is -0.114. The lowest BCUT2D eigenvalue weighted by atomic mass is 10.1. The van der Waals surface area contributed by atoms with Gasteiger partial charge in [-0.25, -0.2) is 4.79 Å². The maximum absolute atomic E-state index is 12.0. The van der Waals surface area contributed by atoms with E-state index in [0.717, 1.165) is 6.42 Å². The first kappa shape index (κ1) is 17.0. The highest BCUT2D eigenvalue weighted by Gasteiger charge is 2.30. The third kappa shape index (κ3) is 4.80. The van der Waals surface area contributed by atoms with Crippen molar-refractivity contribution in [2.75, 3.05) is 25.0 Å². The zero-order valence-corrected chi connectivity index (χ0v) is 13.6. The summed E-state index contributed by atoms with van der Waals surface area (Å²) in [7, 11) is 0. The van der Waals surface area contributed by atoms with Crippen molar-refractivity contribution in [2.45, 2.75) is 32.8 Å². The number of carbonyl (C=O) groups excluding carboxylic acids is 1. The van der Waals surface area contributed by atoms with Gasteiger partial charge in [-0.2, -0.15) is 0 Å². The molecule has 0 aromatic carbocycles. The number of nitrogens with one attached hydrogen (secondary N) is 1. The number of hydrogen-bond donors (Lipinski definition) is 1. The standard InChI is InChI=1S/C15H22N4O4/c1-15(2,3)23-14(20)18-8-6-11(10-18)9-17-12-5-4-7-16-13(12)19(21)22/h4-5,7,11,17H,6,8-10H2,1-3H3/t11-/m0/s1. The van der Waals surface area contributed by atoms with Crippen LogP contribution in [-0.4, -0.2) is 46.1 Å². The second-order valence-corrected chi connectivity index (χ2v) is 6.59. The van der Waals surface area contributed by atoms with Crippen molar-refractivity contribution in [3.05, 3.63) is 28.4 Å². The molecule has 1 fully saturated rings. The second kappa shape index (κ2) is 6.80. The van der Waals surface area contributed by atoms with Gasteiger partial charge in [0, 0.05) is 19.6 Å². The number of pyridine rings is 1. The van der Waals surface area contributed by atoms with Gasteiger partial charge < -0.3 is 25.1 Å². The molecule has 1 aliphatic rings. The Morgan fingerprint density at radius 3 is 2.96 bits per heavy atom. The molecule has 1 saturated heterocycles. The summed E-state index contributed by atoms with van der Waals surface area (Å²) in [4.78, 5) is 27.9. The molecule has 0 aliphatic carbocycles. The minimum absolute atomic E-state index is 0.186. The molecule has 0 unspecified atom stereocenters. The first-order valence-corrected chi connectivity index (χ1v) is 7.57. The van der Waals surface area contributed by atoms with Gasteiger partial charge in [0.05, 0.1) is 0 Å². The largest absolute Gasteiger partial charge is 0.444 e. The normalized spacial score (nSPS) is 17.9. The number of amides is 1. The Kier molecular flexibility index (Phi) is 5.02. The van der Waals surface area contributed by atoms with Crippen LogP contribution in [0.2, 0.25) is 0 Å². The van der Waals surface area contributed by atoms with E-state index in [0.29, 0.717) is 25.3 Å². The number of ether oxygens (including phenoxy) is 1. The van der Waals surface area contributed by atoms with E-state index in [1.165, 1.54) is 6.20 Å². The molecule has 0 spiro atoms. The van der Waals surface area contributed by atoms with Gasteiger partial charge in [-0.05, 0) is 55.1 Å². The van der Waals surface area contributed by atoms with E-state index < -0.39 is 10.5 Å². The smallest absolute Gasteiger partial charge is 0.410 e. The molecule has 0 radical (unpaired) electrons. The summed E-state index contributed by atoms with van der Waals surface area (Å²) in [5.74, 6) is 0.0387. The Bertz CT molecular complexity index is 585. The number of anilines is 1. The van der Waals surface area contributed by atoms with Gasteiger partial charge in [0.15, 0.2) is 0 Å². The molecular weight excluding hydrogens is 300 g/mol. The summed E-state index contributed by atoms with van der Waals surface area (Å²) < 4.78 is 5.35. The molecule has 1 atom stereocenters. The van der Waals surface area contributed by atoms with Crippen molar-refractivity contribution in [3.63, 3.8) is 0 Å². The molecule has 1 aromatic rings. The van der Waals surface area contributed by atoms with E-state index in [9.17, 15) is 14.9 Å². The first-order valence-electron chi connectivity index (χ1n) is 7.57. The molecule has 0 saturated carbocycles. The first-order chi connectivity index (χ1) is 10.8. The third-order valence-corrected chi connectivity index (χ3v) is 3.48. The maximum Gasteiger partial charge on any atom is 0.410 e. The van der Waals surface area contributed by atoms with Crippen LogP contribution in [0, 0.1) is 16.0 Å². The number of likely N-dealkylation sites (tertiary alicyclic amines) is 1. The van der Waals surface area contributed by atoms with Gasteiger partial charge in [0.1, 0.15) is 17.5 Å². The molecule has 8 heteroatoms. The molecule has 2 rings (SSSR count). The van der Waals surface area contributed by atoms with Crippen LogP contribution in [-0.2, 0) is 4.74 Å². The SMILES string of the molecule is CC(C)(C)OC(=O)N1CC[C@@H](CNc2cccnc2[N+](=O)[O-])C1. The predicted molar refractivity (Wildman–Crippen MR) is 85.3 cm³/mol. The third-order valence-electron chi connectivity index (χ3n) is 3.48. The van der Waals surface area contributed by atoms with Gasteiger partial charge in [0.25, 0.3) is 0 Å². The molecule has 1 amide bonds. The minimum atomic E-state index is -0.510. The number of aromatic nitrogens is 1. The van der Waals surface area contributed by atoms with Gasteiger partial charge >= 0.3 is 11.9 Å². The molecule has 23 heavy (non-hydrogen) atoms. The summed E-state index contributed by atoms with van der Waals surface area (Å²) in [6.07, 6.45) is 1.91. The Morgan fingerprint density at radius 1 is 1.57 bits per heavy atom. The zero-order valence-electron chi connectivity index (χ0n) is 13.6. The predicted octanol–water partition coefficient (Wildman–Crippen LogP) is 2.66. The Balaban J connectivity index is 1.87. The van der Waals surface area contributed by atoms with E-state index in [4.69, 9.17) is 4.74 Å². The van der Waals surface area contributed by atoms with E-state index in [1.54, 1.807) is 17.0 Å². The van der Waals surface area contributed by atoms with Crippen molar-refractivity contribution >= 4 is 17.6 Å². The second-order valence-electron chi connectivity index (χ2n) is 6.59. The quantitative estimate of drug-likeness (QED) is 0.676. The number of nitrogens with zero attached hydrogens (tertiary/aromatic N) is 3. The average molecular weight is 322 g/mol. The van der Waals surface area contributed by atoms with E-state index in [-0.39, 0.29) is 17.8 Å². The van der Waals surface area contributed by atoms with Gasteiger partial charge in [-0.1, -0.05) is 0 Å². The number of carbonyl (C=O) groups is 1. The van der Waals surface area contributed by atoms with Crippen LogP contribution >= 0.6 is 0 Å². The van der Waals surface area contributed by atoms with Gasteiger partial charge in [-0.3, -0.25) is 0 Å². The number of nitro groups is 1. The van der Waals surface area contributed by atoms with Crippen molar-refractivity contribution in [3.8, 4) is 0 Å². The van der Waals surface area contributed by atoms with E-state index in [1.807, 2.05) is 20.8 Å². The maximum atomic E-state index is 12.0. The van der Waals surface area contributed by atoms with Crippen molar-refractivity contribution in [1.82, 2.24) is 9.88 Å². The molecular formula is C15H22N4O4. The van der Waals surface area contributed by atoms with Crippen LogP contribution < -0.4 is 5.32 Å². The van der Waals surface area contributed by atoms with Gasteiger partial charge in [-0.15, -0.1) is 0 Å². The summed E-state index contributed by atoms with van der Waals surface area (Å²) in [5, 5.41) is 14.0. The molecule has 1 aromatic heterocycles. The van der Waals surface area contributed by atoms with E-state index >= 15 is 0 Å². The summed E-state index contributed by atoms with van der Waals surface area (Å²) >= 11 is 0. The lowest BCUT2D eigenvalue weighted by molar-refractivity contribution is -0.388. The zero-order chi connectivity index (χ0) is 17.0. The Morgan fingerprint density at radius 2 is 2.30 bits per heavy atom. The Hall–Kier alpha value is -2.38. The molecule has 126 valence electrons. The topological polar surface area (TPSA) is 97.6 Å². The fourth-order valence-corrected chi connectivity index (χ4v) is 2.43. The molecule has 2 heterocycles. The van der Waals surface area contributed by atoms with Crippen molar-refractivity contribution < 1.29 is 14.5 Å². The lowest BCUT2D eigenvalue weighted by Crippen LogP contribution is -2.35. The van der Waals surface area contributed by atoms with Crippen molar-refractivity contribution in [1.29, 1.82) is 0 Å². The minimum Gasteiger partial charge on any atom is -0.444 e. The summed E-state index contributed by atoms with van der Waals surface area (Å²) in [6.45, 7) is 7.27.